The normalized spacial score (nSPS) is 23.5. The molecule has 0 aliphatic carbocycles. The number of piperazine rings is 1. The molecule has 6 nitrogen and oxygen atoms in total. The number of piperidine rings is 1. The smallest absolute Gasteiger partial charge is 0.236 e. The number of nitrogens with zero attached hydrogens (tertiary/aromatic N) is 4. The molecule has 0 aromatic rings. The maximum absolute atomic E-state index is 12.4. The highest BCUT2D eigenvalue weighted by atomic mass is 16.2. The molecule has 27 heavy (non-hydrogen) atoms. The van der Waals surface area contributed by atoms with Crippen molar-refractivity contribution >= 4 is 11.8 Å². The highest BCUT2D eigenvalue weighted by molar-refractivity contribution is 5.77. The first kappa shape index (κ1) is 22.2. The summed E-state index contributed by atoms with van der Waals surface area (Å²) in [5.41, 5.74) is 0.0665. The summed E-state index contributed by atoms with van der Waals surface area (Å²) in [7, 11) is 3.64. The van der Waals surface area contributed by atoms with E-state index >= 15 is 0 Å². The third-order valence-electron chi connectivity index (χ3n) is 5.85. The van der Waals surface area contributed by atoms with Gasteiger partial charge in [0.15, 0.2) is 0 Å². The monoisotopic (exact) mass is 380 g/mol. The van der Waals surface area contributed by atoms with Gasteiger partial charge in [0.05, 0.1) is 6.54 Å². The molecule has 2 aliphatic heterocycles. The molecule has 0 bridgehead atoms. The van der Waals surface area contributed by atoms with Crippen molar-refractivity contribution in [3.63, 3.8) is 0 Å². The number of rotatable bonds is 5. The number of amides is 2. The molecule has 2 aliphatic rings. The summed E-state index contributed by atoms with van der Waals surface area (Å²) in [6.07, 6.45) is 2.87. The van der Waals surface area contributed by atoms with Gasteiger partial charge in [0, 0.05) is 65.8 Å². The van der Waals surface area contributed by atoms with Gasteiger partial charge in [-0.3, -0.25) is 19.4 Å². The lowest BCUT2D eigenvalue weighted by Gasteiger charge is -2.42. The predicted molar refractivity (Wildman–Crippen MR) is 110 cm³/mol. The van der Waals surface area contributed by atoms with Crippen LogP contribution in [0.5, 0.6) is 0 Å². The Hall–Kier alpha value is -1.14. The van der Waals surface area contributed by atoms with Gasteiger partial charge in [-0.25, -0.2) is 0 Å². The van der Waals surface area contributed by atoms with E-state index in [2.05, 4.69) is 42.4 Å². The molecule has 0 unspecified atom stereocenters. The number of hydrogen-bond donors (Lipinski definition) is 0. The van der Waals surface area contributed by atoms with Crippen LogP contribution in [-0.2, 0) is 9.59 Å². The fourth-order valence-electron chi connectivity index (χ4n) is 4.08. The minimum Gasteiger partial charge on any atom is -0.348 e. The molecule has 0 saturated carbocycles. The zero-order valence-corrected chi connectivity index (χ0v) is 18.3. The van der Waals surface area contributed by atoms with Crippen molar-refractivity contribution in [1.29, 1.82) is 0 Å². The fourth-order valence-corrected chi connectivity index (χ4v) is 4.08. The minimum absolute atomic E-state index is 0.0665. The Morgan fingerprint density at radius 3 is 2.19 bits per heavy atom. The Morgan fingerprint density at radius 2 is 1.67 bits per heavy atom. The van der Waals surface area contributed by atoms with Crippen LogP contribution < -0.4 is 0 Å². The molecule has 2 heterocycles. The standard InChI is InChI=1S/C21H40N4O2/c1-17-14-23(16-20(27)22(5)6)11-12-25(17)15-18-7-9-24(10-8-18)19(26)13-21(2,3)4/h17-18H,7-16H2,1-6H3/t17-/m1/s1. The van der Waals surface area contributed by atoms with Crippen molar-refractivity contribution in [2.75, 3.05) is 59.9 Å². The lowest BCUT2D eigenvalue weighted by molar-refractivity contribution is -0.135. The zero-order valence-electron chi connectivity index (χ0n) is 18.3. The largest absolute Gasteiger partial charge is 0.348 e. The van der Waals surface area contributed by atoms with Crippen molar-refractivity contribution in [2.45, 2.75) is 53.0 Å². The number of hydrogen-bond acceptors (Lipinski definition) is 4. The summed E-state index contributed by atoms with van der Waals surface area (Å²) in [5, 5.41) is 0. The highest BCUT2D eigenvalue weighted by Crippen LogP contribution is 2.24. The molecule has 156 valence electrons. The number of likely N-dealkylation sites (tertiary alicyclic amines) is 1. The highest BCUT2D eigenvalue weighted by Gasteiger charge is 2.30. The van der Waals surface area contributed by atoms with E-state index in [0.29, 0.717) is 30.8 Å². The van der Waals surface area contributed by atoms with E-state index in [0.717, 1.165) is 52.1 Å². The maximum atomic E-state index is 12.4. The lowest BCUT2D eigenvalue weighted by atomic mass is 9.90. The van der Waals surface area contributed by atoms with Crippen LogP contribution in [0.15, 0.2) is 0 Å². The SMILES string of the molecule is C[C@@H]1CN(CC(=O)N(C)C)CCN1CC1CCN(C(=O)CC(C)(C)C)CC1. The average Bonchev–Trinajstić information content (AvgIpc) is 2.56. The number of carbonyl (C=O) groups excluding carboxylic acids is 2. The van der Waals surface area contributed by atoms with Gasteiger partial charge in [-0.05, 0) is 31.1 Å². The van der Waals surface area contributed by atoms with Crippen LogP contribution in [0.3, 0.4) is 0 Å². The van der Waals surface area contributed by atoms with Gasteiger partial charge in [0.25, 0.3) is 0 Å². The van der Waals surface area contributed by atoms with Gasteiger partial charge >= 0.3 is 0 Å². The summed E-state index contributed by atoms with van der Waals surface area (Å²) in [5.74, 6) is 1.18. The molecule has 2 rings (SSSR count). The molecule has 2 amide bonds. The van der Waals surface area contributed by atoms with Crippen LogP contribution in [0.1, 0.15) is 47.0 Å². The van der Waals surface area contributed by atoms with E-state index in [-0.39, 0.29) is 11.3 Å². The molecular weight excluding hydrogens is 340 g/mol. The average molecular weight is 381 g/mol. The van der Waals surface area contributed by atoms with Gasteiger partial charge in [-0.1, -0.05) is 20.8 Å². The molecular formula is C21H40N4O2. The number of likely N-dealkylation sites (N-methyl/N-ethyl adjacent to an activating group) is 1. The fraction of sp³-hybridized carbons (Fsp3) is 0.905. The van der Waals surface area contributed by atoms with Crippen molar-refractivity contribution in [3.8, 4) is 0 Å². The topological polar surface area (TPSA) is 47.1 Å². The molecule has 6 heteroatoms. The van der Waals surface area contributed by atoms with E-state index < -0.39 is 0 Å². The van der Waals surface area contributed by atoms with E-state index in [4.69, 9.17) is 0 Å². The van der Waals surface area contributed by atoms with Crippen LogP contribution in [0, 0.1) is 11.3 Å². The van der Waals surface area contributed by atoms with Crippen molar-refractivity contribution in [1.82, 2.24) is 19.6 Å². The molecule has 0 aromatic heterocycles. The van der Waals surface area contributed by atoms with E-state index in [1.54, 1.807) is 4.90 Å². The Bertz CT molecular complexity index is 507. The molecule has 0 aromatic carbocycles. The summed E-state index contributed by atoms with van der Waals surface area (Å²) >= 11 is 0. The third-order valence-corrected chi connectivity index (χ3v) is 5.85. The van der Waals surface area contributed by atoms with Crippen molar-refractivity contribution < 1.29 is 9.59 Å². The van der Waals surface area contributed by atoms with Crippen LogP contribution in [-0.4, -0.2) is 97.4 Å². The van der Waals surface area contributed by atoms with Crippen molar-refractivity contribution in [2.24, 2.45) is 11.3 Å². The first-order chi connectivity index (χ1) is 12.5. The molecule has 0 radical (unpaired) electrons. The quantitative estimate of drug-likeness (QED) is 0.729. The van der Waals surface area contributed by atoms with E-state index in [1.807, 2.05) is 14.1 Å². The zero-order chi connectivity index (χ0) is 20.2. The Labute approximate surface area is 165 Å². The summed E-state index contributed by atoms with van der Waals surface area (Å²) < 4.78 is 0. The van der Waals surface area contributed by atoms with Gasteiger partial charge in [0.1, 0.15) is 0 Å². The number of carbonyl (C=O) groups is 2. The Kier molecular flexibility index (Phi) is 7.69. The van der Waals surface area contributed by atoms with Crippen LogP contribution in [0.25, 0.3) is 0 Å². The first-order valence-corrected chi connectivity index (χ1v) is 10.5. The second-order valence-electron chi connectivity index (χ2n) is 9.93. The van der Waals surface area contributed by atoms with Crippen LogP contribution in [0.2, 0.25) is 0 Å². The first-order valence-electron chi connectivity index (χ1n) is 10.5. The summed E-state index contributed by atoms with van der Waals surface area (Å²) in [6.45, 7) is 15.1. The second-order valence-corrected chi connectivity index (χ2v) is 9.93. The Balaban J connectivity index is 1.73. The van der Waals surface area contributed by atoms with E-state index in [1.165, 1.54) is 0 Å². The minimum atomic E-state index is 0.0665. The summed E-state index contributed by atoms with van der Waals surface area (Å²) in [6, 6.07) is 0.481. The molecule has 0 spiro atoms. The molecule has 2 fully saturated rings. The molecule has 2 saturated heterocycles. The Morgan fingerprint density at radius 1 is 1.04 bits per heavy atom. The summed E-state index contributed by atoms with van der Waals surface area (Å²) in [4.78, 5) is 32.9. The van der Waals surface area contributed by atoms with E-state index in [9.17, 15) is 9.59 Å². The molecule has 1 atom stereocenters. The van der Waals surface area contributed by atoms with Gasteiger partial charge in [0.2, 0.25) is 11.8 Å². The van der Waals surface area contributed by atoms with Gasteiger partial charge in [-0.2, -0.15) is 0 Å². The van der Waals surface area contributed by atoms with Crippen molar-refractivity contribution in [3.05, 3.63) is 0 Å². The second kappa shape index (κ2) is 9.37. The van der Waals surface area contributed by atoms with Crippen LogP contribution >= 0.6 is 0 Å². The predicted octanol–water partition coefficient (Wildman–Crippen LogP) is 1.76. The maximum Gasteiger partial charge on any atom is 0.236 e. The van der Waals surface area contributed by atoms with Gasteiger partial charge < -0.3 is 9.80 Å². The van der Waals surface area contributed by atoms with Gasteiger partial charge in [-0.15, -0.1) is 0 Å². The van der Waals surface area contributed by atoms with Crippen LogP contribution in [0.4, 0.5) is 0 Å². The third kappa shape index (κ3) is 7.07. The lowest BCUT2D eigenvalue weighted by Crippen LogP contribution is -2.55. The molecule has 0 N–H and O–H groups in total.